The number of benzene rings is 2. The molecule has 2 nitrogen and oxygen atoms in total. The van der Waals surface area contributed by atoms with E-state index < -0.39 is 0 Å². The van der Waals surface area contributed by atoms with Gasteiger partial charge < -0.3 is 10.6 Å². The molecule has 0 aromatic heterocycles. The zero-order chi connectivity index (χ0) is 13.0. The van der Waals surface area contributed by atoms with Gasteiger partial charge in [0.05, 0.1) is 0 Å². The maximum Gasteiger partial charge on any atom is 0.123 e. The fraction of sp³-hybridized carbons (Fsp3) is 0.200. The van der Waals surface area contributed by atoms with Gasteiger partial charge in [-0.2, -0.15) is 0 Å². The molecule has 0 amide bonds. The molecule has 0 heterocycles. The Morgan fingerprint density at radius 2 is 1.61 bits per heavy atom. The smallest absolute Gasteiger partial charge is 0.123 e. The monoisotopic (exact) mass is 244 g/mol. The fourth-order valence-corrected chi connectivity index (χ4v) is 1.88. The van der Waals surface area contributed by atoms with E-state index >= 15 is 0 Å². The first-order valence-electron chi connectivity index (χ1n) is 6.04. The van der Waals surface area contributed by atoms with Crippen molar-refractivity contribution in [3.63, 3.8) is 0 Å². The first kappa shape index (κ1) is 12.4. The molecule has 2 aromatic rings. The average Bonchev–Trinajstić information content (AvgIpc) is 2.39. The summed E-state index contributed by atoms with van der Waals surface area (Å²) < 4.78 is 12.8. The highest BCUT2D eigenvalue weighted by molar-refractivity contribution is 5.53. The molecule has 0 bridgehead atoms. The fourth-order valence-electron chi connectivity index (χ4n) is 1.88. The van der Waals surface area contributed by atoms with Crippen molar-refractivity contribution < 1.29 is 4.39 Å². The summed E-state index contributed by atoms with van der Waals surface area (Å²) in [6.07, 6.45) is 0. The lowest BCUT2D eigenvalue weighted by Crippen LogP contribution is -2.21. The Hall–Kier alpha value is -2.03. The van der Waals surface area contributed by atoms with Crippen LogP contribution in [0, 0.1) is 5.82 Å². The molecule has 0 aliphatic carbocycles. The summed E-state index contributed by atoms with van der Waals surface area (Å²) in [6, 6.07) is 14.4. The highest BCUT2D eigenvalue weighted by atomic mass is 19.1. The molecule has 0 aliphatic heterocycles. The third kappa shape index (κ3) is 3.00. The van der Waals surface area contributed by atoms with Crippen molar-refractivity contribution in [3.05, 3.63) is 59.9 Å². The molecule has 0 saturated carbocycles. The predicted molar refractivity (Wildman–Crippen MR) is 74.0 cm³/mol. The largest absolute Gasteiger partial charge is 0.399 e. The van der Waals surface area contributed by atoms with Crippen LogP contribution in [0.3, 0.4) is 0 Å². The van der Waals surface area contributed by atoms with Gasteiger partial charge in [0.25, 0.3) is 0 Å². The highest BCUT2D eigenvalue weighted by Crippen LogP contribution is 2.18. The van der Waals surface area contributed by atoms with Gasteiger partial charge in [0.2, 0.25) is 0 Å². The summed E-state index contributed by atoms with van der Waals surface area (Å²) in [5.41, 5.74) is 8.65. The highest BCUT2D eigenvalue weighted by Gasteiger charge is 2.05. The zero-order valence-electron chi connectivity index (χ0n) is 10.4. The van der Waals surface area contributed by atoms with Gasteiger partial charge in [-0.15, -0.1) is 0 Å². The van der Waals surface area contributed by atoms with Crippen LogP contribution in [0.5, 0.6) is 0 Å². The molecule has 2 aromatic carbocycles. The summed E-state index contributed by atoms with van der Waals surface area (Å²) in [5, 5.41) is 0. The number of nitrogen functional groups attached to an aromatic ring is 1. The lowest BCUT2D eigenvalue weighted by molar-refractivity contribution is 0.626. The summed E-state index contributed by atoms with van der Waals surface area (Å²) in [4.78, 5) is 2.21. The SMILES string of the molecule is CCN(Cc1ccc(F)cc1)c1ccc(N)cc1. The van der Waals surface area contributed by atoms with Crippen LogP contribution in [0.4, 0.5) is 15.8 Å². The zero-order valence-corrected chi connectivity index (χ0v) is 10.4. The number of halogens is 1. The van der Waals surface area contributed by atoms with Gasteiger partial charge in [0.1, 0.15) is 5.82 Å². The van der Waals surface area contributed by atoms with Gasteiger partial charge in [-0.25, -0.2) is 4.39 Å². The van der Waals surface area contributed by atoms with Gasteiger partial charge in [-0.05, 0) is 48.9 Å². The number of hydrogen-bond acceptors (Lipinski definition) is 2. The molecule has 2 rings (SSSR count). The van der Waals surface area contributed by atoms with E-state index in [2.05, 4.69) is 11.8 Å². The minimum absolute atomic E-state index is 0.200. The maximum atomic E-state index is 12.8. The number of nitrogens with two attached hydrogens (primary N) is 1. The van der Waals surface area contributed by atoms with Gasteiger partial charge in [0, 0.05) is 24.5 Å². The van der Waals surface area contributed by atoms with Crippen LogP contribution in [-0.4, -0.2) is 6.54 Å². The second kappa shape index (κ2) is 5.54. The molecular formula is C15H17FN2. The molecule has 0 saturated heterocycles. The van der Waals surface area contributed by atoms with E-state index in [1.165, 1.54) is 12.1 Å². The van der Waals surface area contributed by atoms with E-state index in [0.29, 0.717) is 0 Å². The number of nitrogens with zero attached hydrogens (tertiary/aromatic N) is 1. The average molecular weight is 244 g/mol. The van der Waals surface area contributed by atoms with Crippen LogP contribution in [0.15, 0.2) is 48.5 Å². The van der Waals surface area contributed by atoms with E-state index in [0.717, 1.165) is 30.0 Å². The number of hydrogen-bond donors (Lipinski definition) is 1. The molecule has 3 heteroatoms. The lowest BCUT2D eigenvalue weighted by Gasteiger charge is -2.23. The van der Waals surface area contributed by atoms with Crippen LogP contribution >= 0.6 is 0 Å². The van der Waals surface area contributed by atoms with Crippen molar-refractivity contribution in [1.29, 1.82) is 0 Å². The number of rotatable bonds is 4. The predicted octanol–water partition coefficient (Wildman–Crippen LogP) is 3.43. The van der Waals surface area contributed by atoms with E-state index in [4.69, 9.17) is 5.73 Å². The second-order valence-electron chi connectivity index (χ2n) is 4.23. The molecule has 0 atom stereocenters. The van der Waals surface area contributed by atoms with Gasteiger partial charge in [-0.1, -0.05) is 12.1 Å². The van der Waals surface area contributed by atoms with Crippen molar-refractivity contribution in [1.82, 2.24) is 0 Å². The molecule has 18 heavy (non-hydrogen) atoms. The third-order valence-corrected chi connectivity index (χ3v) is 2.93. The van der Waals surface area contributed by atoms with Crippen molar-refractivity contribution in [2.75, 3.05) is 17.2 Å². The molecule has 0 spiro atoms. The summed E-state index contributed by atoms with van der Waals surface area (Å²) in [7, 11) is 0. The van der Waals surface area contributed by atoms with E-state index in [1.54, 1.807) is 0 Å². The van der Waals surface area contributed by atoms with Gasteiger partial charge in [0.15, 0.2) is 0 Å². The minimum Gasteiger partial charge on any atom is -0.399 e. The summed E-state index contributed by atoms with van der Waals surface area (Å²) in [5.74, 6) is -0.200. The van der Waals surface area contributed by atoms with E-state index in [9.17, 15) is 4.39 Å². The van der Waals surface area contributed by atoms with E-state index in [1.807, 2.05) is 36.4 Å². The summed E-state index contributed by atoms with van der Waals surface area (Å²) >= 11 is 0. The molecule has 94 valence electrons. The quantitative estimate of drug-likeness (QED) is 0.835. The molecule has 0 radical (unpaired) electrons. The van der Waals surface area contributed by atoms with Crippen LogP contribution in [0.1, 0.15) is 12.5 Å². The van der Waals surface area contributed by atoms with Gasteiger partial charge >= 0.3 is 0 Å². The lowest BCUT2D eigenvalue weighted by atomic mass is 10.2. The Kier molecular flexibility index (Phi) is 3.82. The Bertz CT molecular complexity index is 491. The van der Waals surface area contributed by atoms with Crippen LogP contribution in [-0.2, 0) is 6.54 Å². The summed E-state index contributed by atoms with van der Waals surface area (Å²) in [6.45, 7) is 3.75. The van der Waals surface area contributed by atoms with Crippen LogP contribution in [0.2, 0.25) is 0 Å². The Morgan fingerprint density at radius 3 is 2.17 bits per heavy atom. The standard InChI is InChI=1S/C15H17FN2/c1-2-18(15-9-7-14(17)8-10-15)11-12-3-5-13(16)6-4-12/h3-10H,2,11,17H2,1H3. The molecular weight excluding hydrogens is 227 g/mol. The van der Waals surface area contributed by atoms with Gasteiger partial charge in [-0.3, -0.25) is 0 Å². The first-order chi connectivity index (χ1) is 8.69. The van der Waals surface area contributed by atoms with E-state index in [-0.39, 0.29) is 5.82 Å². The second-order valence-corrected chi connectivity index (χ2v) is 4.23. The Morgan fingerprint density at radius 1 is 1.00 bits per heavy atom. The van der Waals surface area contributed by atoms with Crippen LogP contribution in [0.25, 0.3) is 0 Å². The first-order valence-corrected chi connectivity index (χ1v) is 6.04. The maximum absolute atomic E-state index is 12.8. The van der Waals surface area contributed by atoms with Crippen molar-refractivity contribution in [2.24, 2.45) is 0 Å². The molecule has 0 unspecified atom stereocenters. The minimum atomic E-state index is -0.200. The topological polar surface area (TPSA) is 29.3 Å². The molecule has 2 N–H and O–H groups in total. The Balaban J connectivity index is 2.14. The van der Waals surface area contributed by atoms with Crippen molar-refractivity contribution in [2.45, 2.75) is 13.5 Å². The number of anilines is 2. The van der Waals surface area contributed by atoms with Crippen LogP contribution < -0.4 is 10.6 Å². The van der Waals surface area contributed by atoms with Crippen molar-refractivity contribution in [3.8, 4) is 0 Å². The Labute approximate surface area is 107 Å². The third-order valence-electron chi connectivity index (χ3n) is 2.93. The normalized spacial score (nSPS) is 10.3. The van der Waals surface area contributed by atoms with Crippen molar-refractivity contribution >= 4 is 11.4 Å². The molecule has 0 aliphatic rings. The molecule has 0 fully saturated rings.